The molecule has 3 aromatic carbocycles. The van der Waals surface area contributed by atoms with Gasteiger partial charge >= 0.3 is 0 Å². The van der Waals surface area contributed by atoms with Gasteiger partial charge < -0.3 is 25.0 Å². The normalized spacial score (nSPS) is 24.7. The zero-order valence-electron chi connectivity index (χ0n) is 24.0. The molecule has 2 heterocycles. The van der Waals surface area contributed by atoms with Gasteiger partial charge in [-0.1, -0.05) is 115 Å². The fraction of sp³-hybridized carbons (Fsp3) is 0.424. The van der Waals surface area contributed by atoms with Gasteiger partial charge in [0.2, 0.25) is 0 Å². The number of ether oxygens (including phenoxy) is 2. The van der Waals surface area contributed by atoms with Gasteiger partial charge in [-0.2, -0.15) is 0 Å². The van der Waals surface area contributed by atoms with E-state index in [9.17, 15) is 15.0 Å². The summed E-state index contributed by atoms with van der Waals surface area (Å²) in [7, 11) is 0. The van der Waals surface area contributed by atoms with E-state index < -0.39 is 16.0 Å². The molecule has 0 spiro atoms. The third kappa shape index (κ3) is 7.72. The van der Waals surface area contributed by atoms with Crippen molar-refractivity contribution in [2.45, 2.75) is 61.2 Å². The highest BCUT2D eigenvalue weighted by molar-refractivity contribution is 6.76. The van der Waals surface area contributed by atoms with E-state index in [-0.39, 0.29) is 43.9 Å². The second-order valence-corrected chi connectivity index (χ2v) is 13.5. The first-order valence-corrected chi connectivity index (χ1v) is 15.7. The number of halogens is 3. The smallest absolute Gasteiger partial charge is 0.272 e. The maximum atomic E-state index is 12.1. The number of nitrogens with zero attached hydrogens (tertiary/aromatic N) is 1. The van der Waals surface area contributed by atoms with Crippen molar-refractivity contribution in [3.8, 4) is 11.1 Å². The summed E-state index contributed by atoms with van der Waals surface area (Å²) in [5.41, 5.74) is 5.56. The highest BCUT2D eigenvalue weighted by atomic mass is 35.6. The molecule has 230 valence electrons. The summed E-state index contributed by atoms with van der Waals surface area (Å²) in [6.07, 6.45) is 1.13. The standard InChI is InChI=1S/C33H37Cl3N2O5/c1-21-29(18-38-16-4-6-27(38)20-40)42-31(43-30(21)24-10-8-22(19-39)9-11-24)25-14-12-23(13-15-25)28-7-3-2-5-26(28)17-37-32(41)33(34,35)36/h2-3,5,7-15,21,27,29-31,39-40H,4,6,16-20H2,1H3,(H,37,41). The zero-order valence-corrected chi connectivity index (χ0v) is 26.2. The lowest BCUT2D eigenvalue weighted by atomic mass is 9.89. The molecule has 0 radical (unpaired) electrons. The Morgan fingerprint density at radius 2 is 1.67 bits per heavy atom. The molecule has 2 saturated heterocycles. The van der Waals surface area contributed by atoms with Gasteiger partial charge in [-0.25, -0.2) is 0 Å². The lowest BCUT2D eigenvalue weighted by Gasteiger charge is -2.43. The highest BCUT2D eigenvalue weighted by Crippen LogP contribution is 2.42. The van der Waals surface area contributed by atoms with Crippen molar-refractivity contribution >= 4 is 40.7 Å². The average Bonchev–Trinajstić information content (AvgIpc) is 3.48. The van der Waals surface area contributed by atoms with Gasteiger partial charge in [-0.05, 0) is 47.2 Å². The van der Waals surface area contributed by atoms with Crippen LogP contribution in [0.3, 0.4) is 0 Å². The molecule has 1 amide bonds. The van der Waals surface area contributed by atoms with Crippen LogP contribution in [0.5, 0.6) is 0 Å². The molecule has 0 saturated carbocycles. The SMILES string of the molecule is CC1C(CN2CCCC2CO)OC(c2ccc(-c3ccccc3CNC(=O)C(Cl)(Cl)Cl)cc2)OC1c1ccc(CO)cc1. The Kier molecular flexibility index (Phi) is 10.7. The summed E-state index contributed by atoms with van der Waals surface area (Å²) >= 11 is 17.1. The number of amides is 1. The van der Waals surface area contributed by atoms with E-state index >= 15 is 0 Å². The molecule has 3 aromatic rings. The Morgan fingerprint density at radius 3 is 2.35 bits per heavy atom. The van der Waals surface area contributed by atoms with E-state index in [2.05, 4.69) is 17.1 Å². The number of aliphatic hydroxyl groups is 2. The third-order valence-corrected chi connectivity index (χ3v) is 8.97. The number of alkyl halides is 3. The van der Waals surface area contributed by atoms with Crippen molar-refractivity contribution in [2.24, 2.45) is 5.92 Å². The number of hydrogen-bond donors (Lipinski definition) is 3. The third-order valence-electron chi connectivity index (χ3n) is 8.46. The Balaban J connectivity index is 1.38. The molecule has 3 N–H and O–H groups in total. The molecule has 0 aliphatic carbocycles. The van der Waals surface area contributed by atoms with Crippen LogP contribution >= 0.6 is 34.8 Å². The number of likely N-dealkylation sites (tertiary alicyclic amines) is 1. The second kappa shape index (κ2) is 14.3. The molecule has 2 aliphatic heterocycles. The van der Waals surface area contributed by atoms with Crippen LogP contribution in [0.1, 0.15) is 54.4 Å². The summed E-state index contributed by atoms with van der Waals surface area (Å²) in [4.78, 5) is 14.4. The van der Waals surface area contributed by atoms with E-state index in [4.69, 9.17) is 44.3 Å². The minimum Gasteiger partial charge on any atom is -0.395 e. The number of benzene rings is 3. The molecule has 10 heteroatoms. The molecular weight excluding hydrogens is 611 g/mol. The predicted molar refractivity (Wildman–Crippen MR) is 169 cm³/mol. The number of carbonyl (C=O) groups is 1. The Morgan fingerprint density at radius 1 is 0.977 bits per heavy atom. The first-order valence-electron chi connectivity index (χ1n) is 14.6. The number of hydrogen-bond acceptors (Lipinski definition) is 6. The summed E-state index contributed by atoms with van der Waals surface area (Å²) < 4.78 is 11.2. The van der Waals surface area contributed by atoms with E-state index in [0.29, 0.717) is 6.54 Å². The minimum atomic E-state index is -2.03. The molecule has 43 heavy (non-hydrogen) atoms. The van der Waals surface area contributed by atoms with Crippen LogP contribution in [-0.2, 0) is 27.4 Å². The number of nitrogens with one attached hydrogen (secondary N) is 1. The lowest BCUT2D eigenvalue weighted by molar-refractivity contribution is -0.276. The second-order valence-electron chi connectivity index (χ2n) is 11.3. The molecule has 7 nitrogen and oxygen atoms in total. The van der Waals surface area contributed by atoms with Crippen LogP contribution in [0, 0.1) is 5.92 Å². The van der Waals surface area contributed by atoms with Crippen molar-refractivity contribution < 1.29 is 24.5 Å². The van der Waals surface area contributed by atoms with Gasteiger partial charge in [0, 0.05) is 30.6 Å². The molecule has 0 aromatic heterocycles. The Bertz CT molecular complexity index is 1370. The molecule has 2 fully saturated rings. The number of carbonyl (C=O) groups excluding carboxylic acids is 1. The van der Waals surface area contributed by atoms with Crippen LogP contribution in [0.2, 0.25) is 0 Å². The zero-order chi connectivity index (χ0) is 30.6. The van der Waals surface area contributed by atoms with Gasteiger partial charge in [0.1, 0.15) is 0 Å². The predicted octanol–water partition coefficient (Wildman–Crippen LogP) is 6.08. The Hall–Kier alpha value is -2.20. The van der Waals surface area contributed by atoms with Gasteiger partial charge in [0.15, 0.2) is 6.29 Å². The maximum Gasteiger partial charge on any atom is 0.272 e. The van der Waals surface area contributed by atoms with Gasteiger partial charge in [0.05, 0.1) is 25.4 Å². The van der Waals surface area contributed by atoms with Crippen molar-refractivity contribution in [3.05, 3.63) is 95.1 Å². The highest BCUT2D eigenvalue weighted by Gasteiger charge is 2.40. The number of rotatable bonds is 9. The average molecular weight is 648 g/mol. The van der Waals surface area contributed by atoms with Gasteiger partial charge in [-0.15, -0.1) is 0 Å². The summed E-state index contributed by atoms with van der Waals surface area (Å²) in [6, 6.07) is 23.8. The van der Waals surface area contributed by atoms with E-state index in [1.807, 2.05) is 72.8 Å². The largest absolute Gasteiger partial charge is 0.395 e. The first kappa shape index (κ1) is 32.2. The molecule has 2 aliphatic rings. The Labute approximate surface area is 267 Å². The quantitative estimate of drug-likeness (QED) is 0.244. The first-order chi connectivity index (χ1) is 20.7. The number of aliphatic hydroxyl groups excluding tert-OH is 2. The fourth-order valence-electron chi connectivity index (χ4n) is 5.95. The van der Waals surface area contributed by atoms with Crippen LogP contribution in [0.15, 0.2) is 72.8 Å². The van der Waals surface area contributed by atoms with Crippen molar-refractivity contribution in [1.82, 2.24) is 10.2 Å². The van der Waals surface area contributed by atoms with Gasteiger partial charge in [-0.3, -0.25) is 9.69 Å². The maximum absolute atomic E-state index is 12.1. The lowest BCUT2D eigenvalue weighted by Crippen LogP contribution is -2.46. The summed E-state index contributed by atoms with van der Waals surface area (Å²) in [6.45, 7) is 4.14. The van der Waals surface area contributed by atoms with E-state index in [0.717, 1.165) is 52.8 Å². The molecular formula is C33H37Cl3N2O5. The fourth-order valence-corrected chi connectivity index (χ4v) is 6.15. The van der Waals surface area contributed by atoms with E-state index in [1.165, 1.54) is 0 Å². The monoisotopic (exact) mass is 646 g/mol. The summed E-state index contributed by atoms with van der Waals surface area (Å²) in [5, 5.41) is 22.1. The molecule has 0 bridgehead atoms. The van der Waals surface area contributed by atoms with Crippen LogP contribution in [-0.4, -0.2) is 56.7 Å². The van der Waals surface area contributed by atoms with Crippen molar-refractivity contribution in [2.75, 3.05) is 19.7 Å². The minimum absolute atomic E-state index is 0.0119. The van der Waals surface area contributed by atoms with Crippen LogP contribution in [0.4, 0.5) is 0 Å². The molecule has 5 atom stereocenters. The topological polar surface area (TPSA) is 91.3 Å². The van der Waals surface area contributed by atoms with Crippen LogP contribution in [0.25, 0.3) is 11.1 Å². The summed E-state index contributed by atoms with van der Waals surface area (Å²) in [5.74, 6) is -0.622. The van der Waals surface area contributed by atoms with Crippen molar-refractivity contribution in [1.29, 1.82) is 0 Å². The van der Waals surface area contributed by atoms with E-state index in [1.54, 1.807) is 0 Å². The van der Waals surface area contributed by atoms with Gasteiger partial charge in [0.25, 0.3) is 9.70 Å². The van der Waals surface area contributed by atoms with Crippen molar-refractivity contribution in [3.63, 3.8) is 0 Å². The molecule has 5 rings (SSSR count). The molecule has 5 unspecified atom stereocenters. The van der Waals surface area contributed by atoms with Crippen LogP contribution < -0.4 is 5.32 Å².